The minimum Gasteiger partial charge on any atom is -0.489 e. The second-order valence-electron chi connectivity index (χ2n) is 5.33. The summed E-state index contributed by atoms with van der Waals surface area (Å²) in [6.45, 7) is 0.356. The Morgan fingerprint density at radius 3 is 2.57 bits per heavy atom. The molecule has 0 spiro atoms. The smallest absolute Gasteiger partial charge is 0.276 e. The molecule has 0 saturated heterocycles. The van der Waals surface area contributed by atoms with Crippen LogP contribution < -0.4 is 4.74 Å². The second kappa shape index (κ2) is 6.50. The van der Waals surface area contributed by atoms with E-state index in [0.29, 0.717) is 17.2 Å². The van der Waals surface area contributed by atoms with Gasteiger partial charge < -0.3 is 4.74 Å². The van der Waals surface area contributed by atoms with Crippen LogP contribution in [0.3, 0.4) is 0 Å². The number of benzene rings is 3. The molecule has 4 nitrogen and oxygen atoms in total. The fourth-order valence-electron chi connectivity index (χ4n) is 2.40. The number of fused-ring (bicyclic) bond motifs is 1. The largest absolute Gasteiger partial charge is 0.489 e. The van der Waals surface area contributed by atoms with Crippen LogP contribution in [0, 0.1) is 0 Å². The number of hydrogen-bond acceptors (Lipinski definition) is 3. The van der Waals surface area contributed by atoms with Crippen LogP contribution in [0.4, 0.5) is 0 Å². The molecule has 0 aromatic heterocycles. The van der Waals surface area contributed by atoms with Crippen molar-refractivity contribution < 1.29 is 14.7 Å². The summed E-state index contributed by atoms with van der Waals surface area (Å²) in [5, 5.41) is 12.1. The zero-order valence-electron chi connectivity index (χ0n) is 12.8. The van der Waals surface area contributed by atoms with Crippen molar-refractivity contribution in [3.63, 3.8) is 0 Å². The monoisotopic (exact) mass is 307 g/mol. The first-order valence-corrected chi connectivity index (χ1v) is 7.31. The lowest BCUT2D eigenvalue weighted by Gasteiger charge is -2.11. The van der Waals surface area contributed by atoms with E-state index in [1.165, 1.54) is 12.4 Å². The molecule has 1 amide bonds. The van der Waals surface area contributed by atoms with Crippen molar-refractivity contribution in [2.45, 2.75) is 6.61 Å². The van der Waals surface area contributed by atoms with Crippen LogP contribution in [0.15, 0.2) is 66.7 Å². The van der Waals surface area contributed by atoms with Gasteiger partial charge in [-0.15, -0.1) is 0 Å². The minimum atomic E-state index is -0.447. The van der Waals surface area contributed by atoms with Crippen LogP contribution in [-0.4, -0.2) is 23.2 Å². The summed E-state index contributed by atoms with van der Waals surface area (Å²) in [5.74, 6) is 0.331. The Balaban J connectivity index is 1.74. The molecule has 1 N–H and O–H groups in total. The van der Waals surface area contributed by atoms with Gasteiger partial charge in [-0.1, -0.05) is 42.5 Å². The average Bonchev–Trinajstić information content (AvgIpc) is 2.59. The number of hydrogen-bond donors (Lipinski definition) is 1. The van der Waals surface area contributed by atoms with Gasteiger partial charge in [0.25, 0.3) is 5.91 Å². The number of carbonyl (C=O) groups excluding carboxylic acids is 1. The highest BCUT2D eigenvalue weighted by Crippen LogP contribution is 2.21. The lowest BCUT2D eigenvalue weighted by molar-refractivity contribution is -0.0375. The molecule has 0 aliphatic heterocycles. The predicted octanol–water partition coefficient (Wildman–Crippen LogP) is 3.88. The van der Waals surface area contributed by atoms with Gasteiger partial charge in [-0.2, -0.15) is 0 Å². The number of rotatable bonds is 4. The molecular weight excluding hydrogens is 290 g/mol. The molecular formula is C19H17NO3. The number of ether oxygens (including phenoxy) is 1. The molecule has 3 rings (SSSR count). The molecule has 3 aromatic rings. The van der Waals surface area contributed by atoms with E-state index in [4.69, 9.17) is 4.74 Å². The van der Waals surface area contributed by atoms with Crippen LogP contribution in [0.2, 0.25) is 0 Å². The molecule has 0 fully saturated rings. The first kappa shape index (κ1) is 15.1. The van der Waals surface area contributed by atoms with Crippen molar-refractivity contribution in [2.75, 3.05) is 7.05 Å². The average molecular weight is 307 g/mol. The van der Waals surface area contributed by atoms with Crippen molar-refractivity contribution in [3.05, 3.63) is 77.9 Å². The molecule has 23 heavy (non-hydrogen) atoms. The van der Waals surface area contributed by atoms with E-state index in [-0.39, 0.29) is 0 Å². The van der Waals surface area contributed by atoms with Gasteiger partial charge in [0.05, 0.1) is 0 Å². The Bertz CT molecular complexity index is 843. The maximum atomic E-state index is 11.8. The molecule has 0 saturated carbocycles. The summed E-state index contributed by atoms with van der Waals surface area (Å²) in [7, 11) is 1.31. The van der Waals surface area contributed by atoms with Crippen LogP contribution in [0.5, 0.6) is 5.75 Å². The third kappa shape index (κ3) is 3.49. The molecule has 4 heteroatoms. The molecule has 0 atom stereocenters. The van der Waals surface area contributed by atoms with Crippen molar-refractivity contribution in [1.29, 1.82) is 0 Å². The number of hydroxylamine groups is 2. The summed E-state index contributed by atoms with van der Waals surface area (Å²) >= 11 is 0. The lowest BCUT2D eigenvalue weighted by atomic mass is 10.1. The predicted molar refractivity (Wildman–Crippen MR) is 88.6 cm³/mol. The maximum Gasteiger partial charge on any atom is 0.276 e. The highest BCUT2D eigenvalue weighted by atomic mass is 16.5. The van der Waals surface area contributed by atoms with Crippen LogP contribution >= 0.6 is 0 Å². The normalized spacial score (nSPS) is 10.5. The molecule has 0 unspecified atom stereocenters. The van der Waals surface area contributed by atoms with Crippen molar-refractivity contribution in [1.82, 2.24) is 5.06 Å². The summed E-state index contributed by atoms with van der Waals surface area (Å²) in [5.41, 5.74) is 1.29. The Hall–Kier alpha value is -2.85. The Labute approximate surface area is 134 Å². The van der Waals surface area contributed by atoms with Crippen molar-refractivity contribution in [3.8, 4) is 5.75 Å². The summed E-state index contributed by atoms with van der Waals surface area (Å²) in [6, 6.07) is 21.1. The quantitative estimate of drug-likeness (QED) is 0.588. The zero-order valence-corrected chi connectivity index (χ0v) is 12.8. The van der Waals surface area contributed by atoms with Crippen molar-refractivity contribution >= 4 is 16.7 Å². The number of carbonyl (C=O) groups is 1. The molecule has 3 aromatic carbocycles. The van der Waals surface area contributed by atoms with E-state index < -0.39 is 5.91 Å². The molecule has 116 valence electrons. The van der Waals surface area contributed by atoms with E-state index in [1.807, 2.05) is 42.5 Å². The first-order chi connectivity index (χ1) is 11.1. The topological polar surface area (TPSA) is 49.8 Å². The Kier molecular flexibility index (Phi) is 4.26. The number of nitrogens with zero attached hydrogens (tertiary/aromatic N) is 1. The molecule has 0 aliphatic carbocycles. The maximum absolute atomic E-state index is 11.8. The van der Waals surface area contributed by atoms with Gasteiger partial charge in [-0.3, -0.25) is 10.0 Å². The second-order valence-corrected chi connectivity index (χ2v) is 5.33. The van der Waals surface area contributed by atoms with Gasteiger partial charge in [-0.25, -0.2) is 5.06 Å². The van der Waals surface area contributed by atoms with E-state index in [2.05, 4.69) is 6.07 Å². The third-order valence-electron chi connectivity index (χ3n) is 3.59. The Morgan fingerprint density at radius 1 is 1.00 bits per heavy atom. The first-order valence-electron chi connectivity index (χ1n) is 7.31. The molecule has 0 bridgehead atoms. The third-order valence-corrected chi connectivity index (χ3v) is 3.59. The van der Waals surface area contributed by atoms with Gasteiger partial charge in [0.1, 0.15) is 12.4 Å². The van der Waals surface area contributed by atoms with E-state index in [1.54, 1.807) is 18.2 Å². The highest BCUT2D eigenvalue weighted by Gasteiger charge is 2.09. The minimum absolute atomic E-state index is 0.356. The fourth-order valence-corrected chi connectivity index (χ4v) is 2.40. The zero-order chi connectivity index (χ0) is 16.2. The van der Waals surface area contributed by atoms with E-state index in [0.717, 1.165) is 16.7 Å². The molecule has 0 heterocycles. The van der Waals surface area contributed by atoms with Gasteiger partial charge in [0, 0.05) is 12.6 Å². The summed E-state index contributed by atoms with van der Waals surface area (Å²) in [6.07, 6.45) is 0. The van der Waals surface area contributed by atoms with E-state index in [9.17, 15) is 10.0 Å². The molecule has 0 aliphatic rings. The summed E-state index contributed by atoms with van der Waals surface area (Å²) in [4.78, 5) is 11.8. The van der Waals surface area contributed by atoms with Gasteiger partial charge >= 0.3 is 0 Å². The molecule has 0 radical (unpaired) electrons. The van der Waals surface area contributed by atoms with Gasteiger partial charge in [-0.05, 0) is 40.6 Å². The fraction of sp³-hybridized carbons (Fsp3) is 0.105. The van der Waals surface area contributed by atoms with Gasteiger partial charge in [0.15, 0.2) is 0 Å². The van der Waals surface area contributed by atoms with Gasteiger partial charge in [0.2, 0.25) is 0 Å². The highest BCUT2D eigenvalue weighted by molar-refractivity contribution is 5.93. The number of amides is 1. The van der Waals surface area contributed by atoms with Crippen LogP contribution in [0.25, 0.3) is 10.8 Å². The SMILES string of the molecule is CN(O)C(=O)c1cccc(COc2ccc3ccccc3c2)c1. The Morgan fingerprint density at radius 2 is 1.78 bits per heavy atom. The summed E-state index contributed by atoms with van der Waals surface area (Å²) < 4.78 is 5.81. The van der Waals surface area contributed by atoms with Crippen LogP contribution in [0.1, 0.15) is 15.9 Å². The van der Waals surface area contributed by atoms with Crippen LogP contribution in [-0.2, 0) is 6.61 Å². The lowest BCUT2D eigenvalue weighted by Crippen LogP contribution is -2.22. The standard InChI is InChI=1S/C19H17NO3/c1-20(22)19(21)17-8-4-5-14(11-17)13-23-18-10-9-15-6-2-3-7-16(15)12-18/h2-12,22H,13H2,1H3. The van der Waals surface area contributed by atoms with E-state index >= 15 is 0 Å². The van der Waals surface area contributed by atoms with Crippen molar-refractivity contribution in [2.24, 2.45) is 0 Å².